The smallest absolute Gasteiger partial charge is 0.132 e. The zero-order chi connectivity index (χ0) is 8.39. The monoisotopic (exact) mass is 166 g/mol. The van der Waals surface area contributed by atoms with Gasteiger partial charge in [0.25, 0.3) is 0 Å². The average Bonchev–Trinajstić information content (AvgIpc) is 2.65. The van der Waals surface area contributed by atoms with Crippen molar-refractivity contribution in [3.63, 3.8) is 0 Å². The van der Waals surface area contributed by atoms with Crippen LogP contribution in [0.4, 0.5) is 0 Å². The van der Waals surface area contributed by atoms with Gasteiger partial charge in [-0.3, -0.25) is 0 Å². The molecule has 4 heteroatoms. The lowest BCUT2D eigenvalue weighted by Gasteiger charge is -2.05. The third kappa shape index (κ3) is 1.48. The minimum Gasteiger partial charge on any atom is -0.321 e. The number of rotatable bonds is 2. The van der Waals surface area contributed by atoms with Crippen LogP contribution in [0.5, 0.6) is 0 Å². The van der Waals surface area contributed by atoms with Gasteiger partial charge in [0.1, 0.15) is 12.2 Å². The van der Waals surface area contributed by atoms with Crippen LogP contribution < -0.4 is 5.32 Å². The van der Waals surface area contributed by atoms with Crippen LogP contribution in [-0.2, 0) is 13.5 Å². The van der Waals surface area contributed by atoms with Crippen LogP contribution in [0.2, 0.25) is 0 Å². The highest BCUT2D eigenvalue weighted by Gasteiger charge is 2.16. The predicted octanol–water partition coefficient (Wildman–Crippen LogP) is -0.0329. The quantitative estimate of drug-likeness (QED) is 0.670. The summed E-state index contributed by atoms with van der Waals surface area (Å²) in [5.41, 5.74) is 0. The second-order valence-corrected chi connectivity index (χ2v) is 3.42. The van der Waals surface area contributed by atoms with Crippen LogP contribution in [0.1, 0.15) is 12.2 Å². The zero-order valence-corrected chi connectivity index (χ0v) is 7.32. The molecule has 2 heterocycles. The van der Waals surface area contributed by atoms with Crippen molar-refractivity contribution >= 4 is 0 Å². The number of nitrogens with zero attached hydrogens (tertiary/aromatic N) is 3. The molecule has 0 radical (unpaired) electrons. The number of hydrogen-bond donors (Lipinski definition) is 1. The van der Waals surface area contributed by atoms with Crippen LogP contribution in [0.25, 0.3) is 0 Å². The molecule has 12 heavy (non-hydrogen) atoms. The first-order chi connectivity index (χ1) is 5.86. The third-order valence-electron chi connectivity index (χ3n) is 2.44. The average molecular weight is 166 g/mol. The lowest BCUT2D eigenvalue weighted by Crippen LogP contribution is -2.12. The van der Waals surface area contributed by atoms with E-state index >= 15 is 0 Å². The Labute approximate surface area is 72.0 Å². The van der Waals surface area contributed by atoms with Gasteiger partial charge in [0.2, 0.25) is 0 Å². The number of aromatic nitrogens is 3. The van der Waals surface area contributed by atoms with E-state index in [1.807, 2.05) is 11.6 Å². The molecule has 0 saturated carbocycles. The van der Waals surface area contributed by atoms with Crippen molar-refractivity contribution in [2.45, 2.75) is 12.8 Å². The first-order valence-corrected chi connectivity index (χ1v) is 4.40. The van der Waals surface area contributed by atoms with Gasteiger partial charge in [0.15, 0.2) is 0 Å². The molecule has 1 N–H and O–H groups in total. The fraction of sp³-hybridized carbons (Fsp3) is 0.750. The Morgan fingerprint density at radius 2 is 2.67 bits per heavy atom. The fourth-order valence-electron chi connectivity index (χ4n) is 1.64. The Morgan fingerprint density at radius 1 is 1.75 bits per heavy atom. The summed E-state index contributed by atoms with van der Waals surface area (Å²) < 4.78 is 2.00. The van der Waals surface area contributed by atoms with Crippen molar-refractivity contribution in [3.05, 3.63) is 12.2 Å². The van der Waals surface area contributed by atoms with E-state index in [1.54, 1.807) is 6.33 Å². The number of hydrogen-bond acceptors (Lipinski definition) is 3. The normalized spacial score (nSPS) is 23.2. The van der Waals surface area contributed by atoms with Crippen molar-refractivity contribution in [2.75, 3.05) is 13.1 Å². The van der Waals surface area contributed by atoms with E-state index in [1.165, 1.54) is 6.42 Å². The molecule has 2 rings (SSSR count). The highest BCUT2D eigenvalue weighted by Crippen LogP contribution is 2.12. The molecule has 1 unspecified atom stereocenters. The minimum absolute atomic E-state index is 0.757. The molecule has 66 valence electrons. The van der Waals surface area contributed by atoms with Gasteiger partial charge in [0, 0.05) is 13.5 Å². The summed E-state index contributed by atoms with van der Waals surface area (Å²) in [6.07, 6.45) is 4.09. The van der Waals surface area contributed by atoms with Crippen LogP contribution in [0.15, 0.2) is 6.33 Å². The third-order valence-corrected chi connectivity index (χ3v) is 2.44. The Balaban J connectivity index is 1.98. The maximum atomic E-state index is 4.06. The zero-order valence-electron chi connectivity index (χ0n) is 7.32. The second kappa shape index (κ2) is 3.23. The van der Waals surface area contributed by atoms with E-state index in [-0.39, 0.29) is 0 Å². The van der Waals surface area contributed by atoms with E-state index in [9.17, 15) is 0 Å². The van der Waals surface area contributed by atoms with Crippen molar-refractivity contribution < 1.29 is 0 Å². The molecule has 0 amide bonds. The van der Waals surface area contributed by atoms with Crippen molar-refractivity contribution in [1.82, 2.24) is 20.1 Å². The lowest BCUT2D eigenvalue weighted by molar-refractivity contribution is 0.548. The Hall–Kier alpha value is -0.900. The summed E-state index contributed by atoms with van der Waals surface area (Å²) in [4.78, 5) is 0. The van der Waals surface area contributed by atoms with Crippen molar-refractivity contribution in [3.8, 4) is 0 Å². The van der Waals surface area contributed by atoms with Crippen LogP contribution >= 0.6 is 0 Å². The molecule has 1 aromatic heterocycles. The summed E-state index contributed by atoms with van der Waals surface area (Å²) in [7, 11) is 2.00. The second-order valence-electron chi connectivity index (χ2n) is 3.42. The van der Waals surface area contributed by atoms with E-state index in [0.717, 1.165) is 31.3 Å². The fourth-order valence-corrected chi connectivity index (χ4v) is 1.64. The van der Waals surface area contributed by atoms with E-state index in [0.29, 0.717) is 0 Å². The maximum Gasteiger partial charge on any atom is 0.132 e. The van der Waals surface area contributed by atoms with Gasteiger partial charge in [-0.1, -0.05) is 0 Å². The van der Waals surface area contributed by atoms with Gasteiger partial charge < -0.3 is 9.88 Å². The first-order valence-electron chi connectivity index (χ1n) is 4.40. The molecular weight excluding hydrogens is 152 g/mol. The largest absolute Gasteiger partial charge is 0.321 e. The highest BCUT2D eigenvalue weighted by atomic mass is 15.2. The molecule has 0 bridgehead atoms. The molecular formula is C8H14N4. The molecule has 1 atom stereocenters. The summed E-state index contributed by atoms with van der Waals surface area (Å²) in [5.74, 6) is 1.86. The van der Waals surface area contributed by atoms with Crippen molar-refractivity contribution in [1.29, 1.82) is 0 Å². The number of aryl methyl sites for hydroxylation is 1. The molecule has 1 aliphatic rings. The van der Waals surface area contributed by atoms with Gasteiger partial charge >= 0.3 is 0 Å². The van der Waals surface area contributed by atoms with Gasteiger partial charge in [-0.05, 0) is 25.4 Å². The van der Waals surface area contributed by atoms with E-state index < -0.39 is 0 Å². The SMILES string of the molecule is Cn1cnnc1CC1CCNC1. The summed E-state index contributed by atoms with van der Waals surface area (Å²) in [6.45, 7) is 2.29. The Morgan fingerprint density at radius 3 is 3.25 bits per heavy atom. The molecule has 1 saturated heterocycles. The summed E-state index contributed by atoms with van der Waals surface area (Å²) >= 11 is 0. The maximum absolute atomic E-state index is 4.06. The standard InChI is InChI=1S/C8H14N4/c1-12-6-10-11-8(12)4-7-2-3-9-5-7/h6-7,9H,2-5H2,1H3. The molecule has 4 nitrogen and oxygen atoms in total. The summed E-state index contributed by atoms with van der Waals surface area (Å²) in [6, 6.07) is 0. The van der Waals surface area contributed by atoms with Crippen LogP contribution in [0.3, 0.4) is 0 Å². The van der Waals surface area contributed by atoms with E-state index in [2.05, 4.69) is 15.5 Å². The molecule has 0 aromatic carbocycles. The van der Waals surface area contributed by atoms with Crippen LogP contribution in [-0.4, -0.2) is 27.9 Å². The van der Waals surface area contributed by atoms with Crippen LogP contribution in [0, 0.1) is 5.92 Å². The van der Waals surface area contributed by atoms with Gasteiger partial charge in [-0.2, -0.15) is 0 Å². The molecule has 1 fully saturated rings. The molecule has 1 aliphatic heterocycles. The Kier molecular flexibility index (Phi) is 2.08. The summed E-state index contributed by atoms with van der Waals surface area (Å²) in [5, 5.41) is 11.3. The molecule has 0 spiro atoms. The number of nitrogens with one attached hydrogen (secondary N) is 1. The van der Waals surface area contributed by atoms with Gasteiger partial charge in [0.05, 0.1) is 0 Å². The van der Waals surface area contributed by atoms with E-state index in [4.69, 9.17) is 0 Å². The van der Waals surface area contributed by atoms with Gasteiger partial charge in [-0.25, -0.2) is 0 Å². The van der Waals surface area contributed by atoms with Crippen molar-refractivity contribution in [2.24, 2.45) is 13.0 Å². The predicted molar refractivity (Wildman–Crippen MR) is 45.7 cm³/mol. The van der Waals surface area contributed by atoms with Gasteiger partial charge in [-0.15, -0.1) is 10.2 Å². The lowest BCUT2D eigenvalue weighted by atomic mass is 10.1. The Bertz CT molecular complexity index is 249. The minimum atomic E-state index is 0.757. The topological polar surface area (TPSA) is 42.7 Å². The highest BCUT2D eigenvalue weighted by molar-refractivity contribution is 4.89. The molecule has 0 aliphatic carbocycles. The molecule has 1 aromatic rings. The first kappa shape index (κ1) is 7.73.